The first-order valence-electron chi connectivity index (χ1n) is 6.25. The predicted molar refractivity (Wildman–Crippen MR) is 75.1 cm³/mol. The predicted octanol–water partition coefficient (Wildman–Crippen LogP) is 1.19. The van der Waals surface area contributed by atoms with Crippen LogP contribution in [0.3, 0.4) is 0 Å². The Morgan fingerprint density at radius 3 is 2.95 bits per heavy atom. The molecule has 2 rings (SSSR count). The SMILES string of the molecule is CCOC(=O)c1cc(N)ccc1NCc1ncn(C)n1. The molecular weight excluding hydrogens is 258 g/mol. The lowest BCUT2D eigenvalue weighted by atomic mass is 10.1. The molecule has 3 N–H and O–H groups in total. The molecule has 1 aromatic heterocycles. The number of nitrogen functional groups attached to an aromatic ring is 1. The fourth-order valence-corrected chi connectivity index (χ4v) is 1.73. The Morgan fingerprint density at radius 1 is 1.50 bits per heavy atom. The van der Waals surface area contributed by atoms with Gasteiger partial charge < -0.3 is 15.8 Å². The summed E-state index contributed by atoms with van der Waals surface area (Å²) in [5.74, 6) is 0.232. The number of rotatable bonds is 5. The Kier molecular flexibility index (Phi) is 4.19. The van der Waals surface area contributed by atoms with Crippen LogP contribution in [0, 0.1) is 0 Å². The Morgan fingerprint density at radius 2 is 2.30 bits per heavy atom. The Balaban J connectivity index is 2.16. The maximum Gasteiger partial charge on any atom is 0.340 e. The molecule has 0 saturated heterocycles. The third-order valence-corrected chi connectivity index (χ3v) is 2.62. The molecule has 0 aliphatic rings. The summed E-state index contributed by atoms with van der Waals surface area (Å²) in [6, 6.07) is 5.05. The highest BCUT2D eigenvalue weighted by Crippen LogP contribution is 2.20. The summed E-state index contributed by atoms with van der Waals surface area (Å²) in [6.45, 7) is 2.49. The number of aromatic nitrogens is 3. The van der Waals surface area contributed by atoms with Crippen molar-refractivity contribution in [2.45, 2.75) is 13.5 Å². The van der Waals surface area contributed by atoms with Crippen molar-refractivity contribution >= 4 is 17.3 Å². The molecule has 0 spiro atoms. The van der Waals surface area contributed by atoms with Crippen LogP contribution in [0.15, 0.2) is 24.5 Å². The van der Waals surface area contributed by atoms with Gasteiger partial charge in [0.15, 0.2) is 5.82 Å². The van der Waals surface area contributed by atoms with E-state index in [1.165, 1.54) is 0 Å². The smallest absolute Gasteiger partial charge is 0.340 e. The monoisotopic (exact) mass is 275 g/mol. The van der Waals surface area contributed by atoms with Gasteiger partial charge in [-0.15, -0.1) is 0 Å². The average molecular weight is 275 g/mol. The van der Waals surface area contributed by atoms with Gasteiger partial charge >= 0.3 is 5.97 Å². The number of hydrogen-bond donors (Lipinski definition) is 2. The van der Waals surface area contributed by atoms with Crippen LogP contribution in [-0.2, 0) is 18.3 Å². The molecule has 0 radical (unpaired) electrons. The molecule has 0 amide bonds. The highest BCUT2D eigenvalue weighted by molar-refractivity contribution is 5.96. The largest absolute Gasteiger partial charge is 0.462 e. The van der Waals surface area contributed by atoms with E-state index in [9.17, 15) is 4.79 Å². The van der Waals surface area contributed by atoms with E-state index in [0.29, 0.717) is 35.9 Å². The van der Waals surface area contributed by atoms with Gasteiger partial charge in [0.25, 0.3) is 0 Å². The molecule has 0 fully saturated rings. The lowest BCUT2D eigenvalue weighted by Crippen LogP contribution is -2.11. The molecule has 1 heterocycles. The number of esters is 1. The zero-order valence-corrected chi connectivity index (χ0v) is 11.5. The summed E-state index contributed by atoms with van der Waals surface area (Å²) in [7, 11) is 1.80. The number of benzene rings is 1. The highest BCUT2D eigenvalue weighted by Gasteiger charge is 2.13. The van der Waals surface area contributed by atoms with Gasteiger partial charge in [-0.05, 0) is 25.1 Å². The summed E-state index contributed by atoms with van der Waals surface area (Å²) in [4.78, 5) is 16.0. The number of nitrogens with zero attached hydrogens (tertiary/aromatic N) is 3. The molecule has 0 aliphatic carbocycles. The third-order valence-electron chi connectivity index (χ3n) is 2.62. The van der Waals surface area contributed by atoms with Crippen molar-refractivity contribution in [1.82, 2.24) is 14.8 Å². The van der Waals surface area contributed by atoms with Crippen LogP contribution in [-0.4, -0.2) is 27.3 Å². The first-order valence-corrected chi connectivity index (χ1v) is 6.25. The molecule has 0 bridgehead atoms. The number of anilines is 2. The normalized spacial score (nSPS) is 10.3. The minimum Gasteiger partial charge on any atom is -0.462 e. The van der Waals surface area contributed by atoms with E-state index in [4.69, 9.17) is 10.5 Å². The standard InChI is InChI=1S/C13H17N5O2/c1-3-20-13(19)10-6-9(14)4-5-11(10)15-7-12-16-8-18(2)17-12/h4-6,8,15H,3,7,14H2,1-2H3. The summed E-state index contributed by atoms with van der Waals surface area (Å²) in [5.41, 5.74) is 7.27. The van der Waals surface area contributed by atoms with Crippen molar-refractivity contribution in [3.8, 4) is 0 Å². The van der Waals surface area contributed by atoms with Crippen molar-refractivity contribution in [2.24, 2.45) is 7.05 Å². The van der Waals surface area contributed by atoms with E-state index < -0.39 is 5.97 Å². The lowest BCUT2D eigenvalue weighted by Gasteiger charge is -2.11. The molecule has 7 heteroatoms. The zero-order chi connectivity index (χ0) is 14.5. The summed E-state index contributed by atoms with van der Waals surface area (Å²) < 4.78 is 6.63. The fraction of sp³-hybridized carbons (Fsp3) is 0.308. The average Bonchev–Trinajstić information content (AvgIpc) is 2.83. The van der Waals surface area contributed by atoms with Crippen LogP contribution in [0.5, 0.6) is 0 Å². The molecule has 1 aromatic carbocycles. The molecular formula is C13H17N5O2. The van der Waals surface area contributed by atoms with Crippen LogP contribution in [0.4, 0.5) is 11.4 Å². The second kappa shape index (κ2) is 6.05. The van der Waals surface area contributed by atoms with Gasteiger partial charge in [-0.1, -0.05) is 0 Å². The first kappa shape index (κ1) is 13.9. The van der Waals surface area contributed by atoms with Crippen molar-refractivity contribution < 1.29 is 9.53 Å². The number of nitrogens with one attached hydrogen (secondary N) is 1. The maximum atomic E-state index is 11.9. The number of hydrogen-bond acceptors (Lipinski definition) is 6. The van der Waals surface area contributed by atoms with Gasteiger partial charge in [0, 0.05) is 18.4 Å². The molecule has 0 aliphatic heterocycles. The third kappa shape index (κ3) is 3.25. The number of aryl methyl sites for hydroxylation is 1. The summed E-state index contributed by atoms with van der Waals surface area (Å²) >= 11 is 0. The molecule has 0 atom stereocenters. The molecule has 2 aromatic rings. The zero-order valence-electron chi connectivity index (χ0n) is 11.5. The lowest BCUT2D eigenvalue weighted by molar-refractivity contribution is 0.0527. The fourth-order valence-electron chi connectivity index (χ4n) is 1.73. The van der Waals surface area contributed by atoms with E-state index in [-0.39, 0.29) is 0 Å². The quantitative estimate of drug-likeness (QED) is 0.628. The minimum atomic E-state index is -0.406. The van der Waals surface area contributed by atoms with Crippen molar-refractivity contribution in [1.29, 1.82) is 0 Å². The van der Waals surface area contributed by atoms with E-state index in [1.807, 2.05) is 0 Å². The maximum absolute atomic E-state index is 11.9. The molecule has 7 nitrogen and oxygen atoms in total. The van der Waals surface area contributed by atoms with Gasteiger partial charge in [0.05, 0.1) is 18.7 Å². The van der Waals surface area contributed by atoms with Gasteiger partial charge in [-0.2, -0.15) is 5.10 Å². The van der Waals surface area contributed by atoms with Gasteiger partial charge in [0.2, 0.25) is 0 Å². The summed E-state index contributed by atoms with van der Waals surface area (Å²) in [6.07, 6.45) is 1.62. The van der Waals surface area contributed by atoms with Crippen LogP contribution < -0.4 is 11.1 Å². The molecule has 20 heavy (non-hydrogen) atoms. The van der Waals surface area contributed by atoms with Crippen LogP contribution >= 0.6 is 0 Å². The second-order valence-electron chi connectivity index (χ2n) is 4.21. The molecule has 106 valence electrons. The van der Waals surface area contributed by atoms with Crippen LogP contribution in [0.2, 0.25) is 0 Å². The van der Waals surface area contributed by atoms with Crippen molar-refractivity contribution in [2.75, 3.05) is 17.7 Å². The van der Waals surface area contributed by atoms with Crippen molar-refractivity contribution in [3.63, 3.8) is 0 Å². The minimum absolute atomic E-state index is 0.314. The highest BCUT2D eigenvalue weighted by atomic mass is 16.5. The van der Waals surface area contributed by atoms with E-state index in [1.54, 1.807) is 43.2 Å². The van der Waals surface area contributed by atoms with E-state index in [0.717, 1.165) is 0 Å². The Hall–Kier alpha value is -2.57. The van der Waals surface area contributed by atoms with Crippen molar-refractivity contribution in [3.05, 3.63) is 35.9 Å². The topological polar surface area (TPSA) is 95.1 Å². The number of carbonyl (C=O) groups is 1. The summed E-state index contributed by atoms with van der Waals surface area (Å²) in [5, 5.41) is 7.27. The molecule has 0 saturated carbocycles. The van der Waals surface area contributed by atoms with Crippen LogP contribution in [0.25, 0.3) is 0 Å². The van der Waals surface area contributed by atoms with Gasteiger partial charge in [-0.25, -0.2) is 9.78 Å². The number of carbonyl (C=O) groups excluding carboxylic acids is 1. The van der Waals surface area contributed by atoms with Crippen LogP contribution in [0.1, 0.15) is 23.1 Å². The number of nitrogens with two attached hydrogens (primary N) is 1. The Labute approximate surface area is 116 Å². The van der Waals surface area contributed by atoms with Gasteiger partial charge in [0.1, 0.15) is 6.33 Å². The molecule has 0 unspecified atom stereocenters. The Bertz CT molecular complexity index is 609. The second-order valence-corrected chi connectivity index (χ2v) is 4.21. The van der Waals surface area contributed by atoms with Gasteiger partial charge in [-0.3, -0.25) is 4.68 Å². The van der Waals surface area contributed by atoms with E-state index >= 15 is 0 Å². The first-order chi connectivity index (χ1) is 9.60. The van der Waals surface area contributed by atoms with E-state index in [2.05, 4.69) is 15.4 Å². The number of ether oxygens (including phenoxy) is 1.